The van der Waals surface area contributed by atoms with Crippen LogP contribution in [-0.2, 0) is 6.18 Å². The lowest BCUT2D eigenvalue weighted by molar-refractivity contribution is -0.138. The van der Waals surface area contributed by atoms with Crippen molar-refractivity contribution in [3.8, 4) is 11.6 Å². The van der Waals surface area contributed by atoms with Gasteiger partial charge in [0.15, 0.2) is 5.75 Å². The Kier molecular flexibility index (Phi) is 3.62. The molecule has 0 bridgehead atoms. The smallest absolute Gasteiger partial charge is 0.418 e. The lowest BCUT2D eigenvalue weighted by Crippen LogP contribution is -2.08. The Hall–Kier alpha value is -1.46. The summed E-state index contributed by atoms with van der Waals surface area (Å²) in [4.78, 5) is 3.42. The third-order valence-corrected chi connectivity index (χ3v) is 1.71. The minimum absolute atomic E-state index is 0.179. The molecule has 0 atom stereocenters. The first-order chi connectivity index (χ1) is 7.30. The van der Waals surface area contributed by atoms with E-state index in [1.165, 1.54) is 0 Å². The molecule has 0 saturated carbocycles. The van der Waals surface area contributed by atoms with Crippen molar-refractivity contribution in [3.05, 3.63) is 17.8 Å². The van der Waals surface area contributed by atoms with Crippen LogP contribution >= 0.6 is 0 Å². The summed E-state index contributed by atoms with van der Waals surface area (Å²) in [6.45, 7) is 4.04. The highest BCUT2D eigenvalue weighted by Gasteiger charge is 2.32. The van der Waals surface area contributed by atoms with Crippen molar-refractivity contribution < 1.29 is 23.0 Å². The monoisotopic (exact) mass is 235 g/mol. The molecule has 3 nitrogen and oxygen atoms in total. The van der Waals surface area contributed by atoms with Gasteiger partial charge in [0.2, 0.25) is 0 Å². The van der Waals surface area contributed by atoms with E-state index in [1.54, 1.807) is 0 Å². The minimum Gasteiger partial charge on any atom is -0.503 e. The second-order valence-electron chi connectivity index (χ2n) is 3.75. The molecule has 1 N–H and O–H groups in total. The molecule has 0 unspecified atom stereocenters. The number of rotatable bonds is 3. The quantitative estimate of drug-likeness (QED) is 0.875. The van der Waals surface area contributed by atoms with Gasteiger partial charge in [-0.3, -0.25) is 0 Å². The zero-order chi connectivity index (χ0) is 12.3. The number of aromatic hydroxyl groups is 1. The molecule has 0 aromatic carbocycles. The van der Waals surface area contributed by atoms with E-state index in [0.29, 0.717) is 12.3 Å². The summed E-state index contributed by atoms with van der Waals surface area (Å²) < 4.78 is 41.7. The van der Waals surface area contributed by atoms with Crippen molar-refractivity contribution in [1.29, 1.82) is 0 Å². The molecule has 0 aliphatic rings. The molecule has 0 saturated heterocycles. The molecule has 16 heavy (non-hydrogen) atoms. The Morgan fingerprint density at radius 2 is 2.06 bits per heavy atom. The summed E-state index contributed by atoms with van der Waals surface area (Å²) in [5, 5.41) is 9.28. The summed E-state index contributed by atoms with van der Waals surface area (Å²) in [5.74, 6) is -0.583. The van der Waals surface area contributed by atoms with E-state index in [2.05, 4.69) is 4.98 Å². The van der Waals surface area contributed by atoms with Crippen molar-refractivity contribution in [1.82, 2.24) is 4.98 Å². The third kappa shape index (κ3) is 3.29. The summed E-state index contributed by atoms with van der Waals surface area (Å²) in [7, 11) is 0. The van der Waals surface area contributed by atoms with Crippen molar-refractivity contribution in [2.24, 2.45) is 5.92 Å². The molecule has 1 aromatic heterocycles. The first kappa shape index (κ1) is 12.6. The van der Waals surface area contributed by atoms with Crippen LogP contribution in [0.25, 0.3) is 0 Å². The maximum absolute atomic E-state index is 12.2. The molecule has 0 fully saturated rings. The largest absolute Gasteiger partial charge is 0.503 e. The molecular formula is C10H12F3NO2. The van der Waals surface area contributed by atoms with E-state index in [-0.39, 0.29) is 18.4 Å². The lowest BCUT2D eigenvalue weighted by atomic mass is 10.2. The van der Waals surface area contributed by atoms with Gasteiger partial charge in [-0.15, -0.1) is 0 Å². The fourth-order valence-electron chi connectivity index (χ4n) is 0.952. The zero-order valence-electron chi connectivity index (χ0n) is 8.88. The molecule has 6 heteroatoms. The summed E-state index contributed by atoms with van der Waals surface area (Å²) in [6, 6.07) is 0.600. The number of hydrogen-bond donors (Lipinski definition) is 1. The second kappa shape index (κ2) is 4.59. The topological polar surface area (TPSA) is 42.4 Å². The fourth-order valence-corrected chi connectivity index (χ4v) is 0.952. The van der Waals surface area contributed by atoms with Gasteiger partial charge in [-0.25, -0.2) is 4.98 Å². The van der Waals surface area contributed by atoms with Gasteiger partial charge in [-0.1, -0.05) is 13.8 Å². The Labute approximate surface area is 90.9 Å². The van der Waals surface area contributed by atoms with Crippen LogP contribution in [0.1, 0.15) is 19.4 Å². The normalized spacial score (nSPS) is 11.9. The van der Waals surface area contributed by atoms with E-state index in [1.807, 2.05) is 13.8 Å². The molecule has 0 spiro atoms. The van der Waals surface area contributed by atoms with E-state index >= 15 is 0 Å². The molecule has 1 aromatic rings. The van der Waals surface area contributed by atoms with Crippen molar-refractivity contribution in [2.45, 2.75) is 20.0 Å². The van der Waals surface area contributed by atoms with Crippen LogP contribution < -0.4 is 4.74 Å². The van der Waals surface area contributed by atoms with Crippen molar-refractivity contribution in [2.75, 3.05) is 6.61 Å². The first-order valence-electron chi connectivity index (χ1n) is 4.69. The van der Waals surface area contributed by atoms with Crippen LogP contribution in [-0.4, -0.2) is 16.7 Å². The lowest BCUT2D eigenvalue weighted by Gasteiger charge is -2.11. The number of hydrogen-bond acceptors (Lipinski definition) is 3. The Bertz CT molecular complexity index is 364. The van der Waals surface area contributed by atoms with Crippen LogP contribution in [0.5, 0.6) is 11.6 Å². The predicted octanol–water partition coefficient (Wildman–Crippen LogP) is 2.84. The Morgan fingerprint density at radius 1 is 1.44 bits per heavy atom. The molecule has 0 amide bonds. The van der Waals surface area contributed by atoms with Crippen LogP contribution in [0.15, 0.2) is 12.3 Å². The third-order valence-electron chi connectivity index (χ3n) is 1.71. The second-order valence-corrected chi connectivity index (χ2v) is 3.75. The first-order valence-corrected chi connectivity index (χ1v) is 4.69. The van der Waals surface area contributed by atoms with Gasteiger partial charge in [0.1, 0.15) is 0 Å². The number of nitrogens with zero attached hydrogens (tertiary/aromatic N) is 1. The van der Waals surface area contributed by atoms with Crippen molar-refractivity contribution in [3.63, 3.8) is 0 Å². The molecular weight excluding hydrogens is 223 g/mol. The fraction of sp³-hybridized carbons (Fsp3) is 0.500. The maximum atomic E-state index is 12.2. The van der Waals surface area contributed by atoms with Gasteiger partial charge in [0, 0.05) is 6.20 Å². The van der Waals surface area contributed by atoms with Crippen LogP contribution in [0.2, 0.25) is 0 Å². The van der Waals surface area contributed by atoms with Gasteiger partial charge in [-0.05, 0) is 12.0 Å². The average molecular weight is 235 g/mol. The molecule has 90 valence electrons. The van der Waals surface area contributed by atoms with E-state index in [9.17, 15) is 18.3 Å². The van der Waals surface area contributed by atoms with Crippen LogP contribution in [0.3, 0.4) is 0 Å². The molecule has 0 aliphatic heterocycles. The number of halogens is 3. The number of ether oxygens (including phenoxy) is 1. The van der Waals surface area contributed by atoms with Gasteiger partial charge >= 0.3 is 6.18 Å². The molecule has 1 heterocycles. The SMILES string of the molecule is CC(C)COc1ncc(C(F)(F)F)cc1O. The zero-order valence-corrected chi connectivity index (χ0v) is 8.88. The summed E-state index contributed by atoms with van der Waals surface area (Å²) in [6.07, 6.45) is -3.88. The molecule has 0 radical (unpaired) electrons. The van der Waals surface area contributed by atoms with Gasteiger partial charge in [0.25, 0.3) is 5.88 Å². The Balaban J connectivity index is 2.84. The van der Waals surface area contributed by atoms with E-state index in [0.717, 1.165) is 0 Å². The highest BCUT2D eigenvalue weighted by molar-refractivity contribution is 5.35. The highest BCUT2D eigenvalue weighted by Crippen LogP contribution is 2.33. The van der Waals surface area contributed by atoms with Gasteiger partial charge in [-0.2, -0.15) is 13.2 Å². The van der Waals surface area contributed by atoms with Crippen molar-refractivity contribution >= 4 is 0 Å². The molecule has 1 rings (SSSR count). The number of aromatic nitrogens is 1. The summed E-state index contributed by atoms with van der Waals surface area (Å²) in [5.41, 5.74) is -0.998. The minimum atomic E-state index is -4.51. The number of alkyl halides is 3. The maximum Gasteiger partial charge on any atom is 0.418 e. The number of pyridine rings is 1. The van der Waals surface area contributed by atoms with Crippen LogP contribution in [0, 0.1) is 5.92 Å². The Morgan fingerprint density at radius 3 is 2.50 bits per heavy atom. The van der Waals surface area contributed by atoms with Gasteiger partial charge < -0.3 is 9.84 Å². The van der Waals surface area contributed by atoms with Crippen LogP contribution in [0.4, 0.5) is 13.2 Å². The molecule has 0 aliphatic carbocycles. The standard InChI is InChI=1S/C10H12F3NO2/c1-6(2)5-16-9-8(15)3-7(4-14-9)10(11,12)13/h3-4,6,15H,5H2,1-2H3. The van der Waals surface area contributed by atoms with E-state index < -0.39 is 17.5 Å². The average Bonchev–Trinajstić information content (AvgIpc) is 2.14. The van der Waals surface area contributed by atoms with E-state index in [4.69, 9.17) is 4.74 Å². The highest BCUT2D eigenvalue weighted by atomic mass is 19.4. The van der Waals surface area contributed by atoms with Gasteiger partial charge in [0.05, 0.1) is 12.2 Å². The summed E-state index contributed by atoms with van der Waals surface area (Å²) >= 11 is 0. The predicted molar refractivity (Wildman–Crippen MR) is 51.2 cm³/mol.